The molecule has 0 aliphatic carbocycles. The third-order valence-corrected chi connectivity index (χ3v) is 7.58. The van der Waals surface area contributed by atoms with E-state index in [1.165, 1.54) is 6.07 Å². The van der Waals surface area contributed by atoms with Gasteiger partial charge in [-0.05, 0) is 59.0 Å². The van der Waals surface area contributed by atoms with Gasteiger partial charge in [0.25, 0.3) is 0 Å². The highest BCUT2D eigenvalue weighted by atomic mass is 19.1. The highest BCUT2D eigenvalue weighted by molar-refractivity contribution is 6.09. The first kappa shape index (κ1) is 22.5. The predicted octanol–water partition coefficient (Wildman–Crippen LogP) is 6.09. The molecule has 4 nitrogen and oxygen atoms in total. The molecule has 0 bridgehead atoms. The molecule has 1 N–H and O–H groups in total. The van der Waals surface area contributed by atoms with E-state index in [0.29, 0.717) is 13.0 Å². The Hall–Kier alpha value is -3.96. The lowest BCUT2D eigenvalue weighted by atomic mass is 9.71. The smallest absolute Gasteiger partial charge is 0.240 e. The third kappa shape index (κ3) is 3.59. The number of halogens is 1. The van der Waals surface area contributed by atoms with Crippen molar-refractivity contribution in [3.8, 4) is 5.75 Å². The quantitative estimate of drug-likeness (QED) is 0.377. The molecule has 2 aliphatic heterocycles. The van der Waals surface area contributed by atoms with Crippen LogP contribution in [0.2, 0.25) is 0 Å². The molecule has 1 spiro atoms. The molecule has 6 rings (SSSR count). The number of fused-ring (bicyclic) bond motifs is 2. The highest BCUT2D eigenvalue weighted by Crippen LogP contribution is 2.57. The van der Waals surface area contributed by atoms with Crippen LogP contribution < -0.4 is 15.0 Å². The molecule has 2 heterocycles. The van der Waals surface area contributed by atoms with E-state index in [1.54, 1.807) is 19.2 Å². The van der Waals surface area contributed by atoms with Crippen molar-refractivity contribution in [1.29, 1.82) is 0 Å². The molecule has 0 aromatic heterocycles. The average Bonchev–Trinajstić information content (AvgIpc) is 3.43. The maximum Gasteiger partial charge on any atom is 0.240 e. The first-order valence-corrected chi connectivity index (χ1v) is 12.2. The Kier molecular flexibility index (Phi) is 5.57. The van der Waals surface area contributed by atoms with E-state index in [-0.39, 0.29) is 23.8 Å². The summed E-state index contributed by atoms with van der Waals surface area (Å²) >= 11 is 0. The van der Waals surface area contributed by atoms with E-state index in [2.05, 4.69) is 17.4 Å². The van der Waals surface area contributed by atoms with Crippen LogP contribution >= 0.6 is 0 Å². The zero-order chi connectivity index (χ0) is 24.7. The number of nitrogens with zero attached hydrogens (tertiary/aromatic N) is 1. The summed E-state index contributed by atoms with van der Waals surface area (Å²) in [6, 6.07) is 32.4. The third-order valence-electron chi connectivity index (χ3n) is 7.58. The van der Waals surface area contributed by atoms with Gasteiger partial charge in [-0.1, -0.05) is 72.8 Å². The van der Waals surface area contributed by atoms with Gasteiger partial charge in [0.1, 0.15) is 11.6 Å². The van der Waals surface area contributed by atoms with E-state index in [9.17, 15) is 9.18 Å². The Labute approximate surface area is 210 Å². The van der Waals surface area contributed by atoms with Gasteiger partial charge >= 0.3 is 0 Å². The summed E-state index contributed by atoms with van der Waals surface area (Å²) in [6.45, 7) is 0.403. The Morgan fingerprint density at radius 2 is 1.58 bits per heavy atom. The molecule has 180 valence electrons. The zero-order valence-electron chi connectivity index (χ0n) is 20.0. The van der Waals surface area contributed by atoms with E-state index < -0.39 is 5.41 Å². The normalized spacial score (nSPS) is 22.7. The van der Waals surface area contributed by atoms with Crippen molar-refractivity contribution >= 4 is 11.6 Å². The van der Waals surface area contributed by atoms with Crippen molar-refractivity contribution in [2.45, 2.75) is 30.5 Å². The standard InChI is InChI=1S/C31H27FN2O2/c1-36-25-15-12-21(13-16-25)20-34-28-17-14-24(32)18-26(28)31(30(34)35)19-27(22-8-4-2-5-9-22)33-29(31)23-10-6-3-7-11-23/h2-18,27,29,33H,19-20H2,1H3. The molecule has 1 fully saturated rings. The van der Waals surface area contributed by atoms with Crippen LogP contribution in [0, 0.1) is 5.82 Å². The second-order valence-corrected chi connectivity index (χ2v) is 9.55. The van der Waals surface area contributed by atoms with E-state index in [0.717, 1.165) is 33.7 Å². The van der Waals surface area contributed by atoms with Crippen LogP contribution in [-0.4, -0.2) is 13.0 Å². The Bertz CT molecular complexity index is 1390. The second kappa shape index (κ2) is 8.92. The van der Waals surface area contributed by atoms with Crippen LogP contribution in [0.4, 0.5) is 10.1 Å². The van der Waals surface area contributed by atoms with Crippen LogP contribution in [0.25, 0.3) is 0 Å². The summed E-state index contributed by atoms with van der Waals surface area (Å²) in [6.07, 6.45) is 0.547. The van der Waals surface area contributed by atoms with Crippen LogP contribution in [0.5, 0.6) is 5.75 Å². The number of rotatable bonds is 5. The SMILES string of the molecule is COc1ccc(CN2C(=O)C3(CC(c4ccccc4)NC3c3ccccc3)c3cc(F)ccc32)cc1. The minimum atomic E-state index is -0.925. The summed E-state index contributed by atoms with van der Waals surface area (Å²) in [5.74, 6) is 0.432. The van der Waals surface area contributed by atoms with Gasteiger partial charge in [0.2, 0.25) is 5.91 Å². The molecule has 0 saturated carbocycles. The van der Waals surface area contributed by atoms with Crippen LogP contribution in [0.15, 0.2) is 103 Å². The minimum absolute atomic E-state index is 0.00120. The molecule has 2 aliphatic rings. The van der Waals surface area contributed by atoms with Gasteiger partial charge in [0, 0.05) is 11.7 Å². The summed E-state index contributed by atoms with van der Waals surface area (Å²) in [7, 11) is 1.63. The molecule has 3 atom stereocenters. The second-order valence-electron chi connectivity index (χ2n) is 9.55. The number of amides is 1. The van der Waals surface area contributed by atoms with Crippen molar-refractivity contribution in [1.82, 2.24) is 5.32 Å². The first-order valence-electron chi connectivity index (χ1n) is 12.2. The van der Waals surface area contributed by atoms with Gasteiger partial charge < -0.3 is 15.0 Å². The molecule has 5 heteroatoms. The monoisotopic (exact) mass is 478 g/mol. The maximum atomic E-state index is 14.7. The molecule has 36 heavy (non-hydrogen) atoms. The summed E-state index contributed by atoms with van der Waals surface area (Å²) < 4.78 is 20.0. The topological polar surface area (TPSA) is 41.6 Å². The van der Waals surface area contributed by atoms with Gasteiger partial charge in [0.05, 0.1) is 25.1 Å². The lowest BCUT2D eigenvalue weighted by molar-refractivity contribution is -0.123. The van der Waals surface area contributed by atoms with E-state index in [1.807, 2.05) is 77.7 Å². The van der Waals surface area contributed by atoms with E-state index >= 15 is 0 Å². The van der Waals surface area contributed by atoms with Gasteiger partial charge in [-0.25, -0.2) is 4.39 Å². The Balaban J connectivity index is 1.48. The van der Waals surface area contributed by atoms with Gasteiger partial charge in [-0.15, -0.1) is 0 Å². The van der Waals surface area contributed by atoms with Gasteiger partial charge in [0.15, 0.2) is 0 Å². The molecule has 0 radical (unpaired) electrons. The summed E-state index contributed by atoms with van der Waals surface area (Å²) in [4.78, 5) is 16.3. The molecule has 4 aromatic rings. The molecular formula is C31H27FN2O2. The maximum absolute atomic E-state index is 14.7. The number of carbonyl (C=O) groups excluding carboxylic acids is 1. The fourth-order valence-corrected chi connectivity index (χ4v) is 5.88. The molecule has 1 amide bonds. The summed E-state index contributed by atoms with van der Waals surface area (Å²) in [5.41, 5.74) is 3.72. The highest BCUT2D eigenvalue weighted by Gasteiger charge is 2.60. The molecule has 1 saturated heterocycles. The number of hydrogen-bond donors (Lipinski definition) is 1. The van der Waals surface area contributed by atoms with Gasteiger partial charge in [-0.3, -0.25) is 4.79 Å². The predicted molar refractivity (Wildman–Crippen MR) is 138 cm³/mol. The number of hydrogen-bond acceptors (Lipinski definition) is 3. The number of methoxy groups -OCH3 is 1. The van der Waals surface area contributed by atoms with Crippen LogP contribution in [0.1, 0.15) is 40.8 Å². The molecule has 4 aromatic carbocycles. The van der Waals surface area contributed by atoms with E-state index in [4.69, 9.17) is 4.74 Å². The molecular weight excluding hydrogens is 451 g/mol. The minimum Gasteiger partial charge on any atom is -0.497 e. The van der Waals surface area contributed by atoms with Crippen LogP contribution in [-0.2, 0) is 16.8 Å². The fraction of sp³-hybridized carbons (Fsp3) is 0.194. The Morgan fingerprint density at radius 1 is 0.917 bits per heavy atom. The lowest BCUT2D eigenvalue weighted by Crippen LogP contribution is -2.43. The van der Waals surface area contributed by atoms with Crippen molar-refractivity contribution in [2.75, 3.05) is 12.0 Å². The Morgan fingerprint density at radius 3 is 2.25 bits per heavy atom. The van der Waals surface area contributed by atoms with Gasteiger partial charge in [-0.2, -0.15) is 0 Å². The number of benzene rings is 4. The fourth-order valence-electron chi connectivity index (χ4n) is 5.88. The van der Waals surface area contributed by atoms with Crippen LogP contribution in [0.3, 0.4) is 0 Å². The summed E-state index contributed by atoms with van der Waals surface area (Å²) in [5, 5.41) is 3.76. The largest absolute Gasteiger partial charge is 0.497 e. The number of nitrogens with one attached hydrogen (secondary N) is 1. The molecule has 3 unspecified atom stereocenters. The van der Waals surface area contributed by atoms with Crippen molar-refractivity contribution < 1.29 is 13.9 Å². The zero-order valence-corrected chi connectivity index (χ0v) is 20.0. The first-order chi connectivity index (χ1) is 17.6. The number of ether oxygens (including phenoxy) is 1. The van der Waals surface area contributed by atoms with Crippen molar-refractivity contribution in [2.24, 2.45) is 0 Å². The lowest BCUT2D eigenvalue weighted by Gasteiger charge is -2.30. The number of carbonyl (C=O) groups is 1. The number of anilines is 1. The van der Waals surface area contributed by atoms with Crippen molar-refractivity contribution in [3.63, 3.8) is 0 Å². The van der Waals surface area contributed by atoms with Crippen molar-refractivity contribution in [3.05, 3.63) is 131 Å². The average molecular weight is 479 g/mol.